The Bertz CT molecular complexity index is 3760. The molecule has 6 atom stereocenters. The van der Waals surface area contributed by atoms with E-state index in [-0.39, 0.29) is 51.5 Å². The van der Waals surface area contributed by atoms with Gasteiger partial charge in [0.05, 0.1) is 90.5 Å². The second kappa shape index (κ2) is 21.0. The summed E-state index contributed by atoms with van der Waals surface area (Å²) in [4.78, 5) is 53.4. The number of ether oxygens (including phenoxy) is 9. The van der Waals surface area contributed by atoms with Crippen LogP contribution in [0.5, 0.6) is 57.5 Å². The second-order valence-electron chi connectivity index (χ2n) is 19.7. The molecule has 0 saturated carbocycles. The molecule has 2 aliphatic carbocycles. The Hall–Kier alpha value is -8.38. The predicted octanol–water partition coefficient (Wildman–Crippen LogP) is 5.40. The normalized spacial score (nSPS) is 20.8. The number of aromatic hydroxyl groups is 3. The van der Waals surface area contributed by atoms with E-state index in [2.05, 4.69) is 0 Å². The predicted molar refractivity (Wildman–Crippen MR) is 285 cm³/mol. The number of phenolic OH excluding ortho intramolecular Hbond substituents is 3. The van der Waals surface area contributed by atoms with Crippen LogP contribution in [0, 0.1) is 0 Å². The molecule has 0 amide bonds. The van der Waals surface area contributed by atoms with Crippen molar-refractivity contribution in [1.82, 2.24) is 4.57 Å². The van der Waals surface area contributed by atoms with Crippen LogP contribution in [0.1, 0.15) is 74.4 Å². The van der Waals surface area contributed by atoms with Gasteiger partial charge in [-0.15, -0.1) is 0 Å². The van der Waals surface area contributed by atoms with Crippen molar-refractivity contribution in [2.75, 3.05) is 56.4 Å². The molecule has 7 aromatic rings. The number of methoxy groups -OCH3 is 7. The zero-order valence-corrected chi connectivity index (χ0v) is 44.7. The van der Waals surface area contributed by atoms with E-state index in [0.717, 1.165) is 27.9 Å². The number of aliphatic hydroxyl groups is 3. The zero-order valence-electron chi connectivity index (χ0n) is 44.7. The molecule has 0 unspecified atom stereocenters. The first-order chi connectivity index (χ1) is 38.3. The first kappa shape index (κ1) is 55.0. The number of hydrogen-bond donors (Lipinski definition) is 7. The molecule has 2 aliphatic heterocycles. The van der Waals surface area contributed by atoms with Crippen molar-refractivity contribution >= 4 is 39.2 Å². The van der Waals surface area contributed by atoms with Crippen LogP contribution in [0.3, 0.4) is 0 Å². The van der Waals surface area contributed by atoms with Crippen molar-refractivity contribution in [3.8, 4) is 79.9 Å². The molecular weight excluding hydrogens is 1040 g/mol. The number of Topliss-reactive ketones (excluding diaryl/α,β-unsaturated/α-hetero) is 1. The summed E-state index contributed by atoms with van der Waals surface area (Å²) in [7, 11) is 10.7. The number of carbonyl (C=O) groups is 3. The van der Waals surface area contributed by atoms with E-state index < -0.39 is 101 Å². The number of nitrogens with zero attached hydrogens (tertiary/aromatic N) is 1. The van der Waals surface area contributed by atoms with Crippen molar-refractivity contribution in [1.29, 1.82) is 0 Å². The van der Waals surface area contributed by atoms with E-state index in [1.165, 1.54) is 38.5 Å². The minimum atomic E-state index is -2.24. The van der Waals surface area contributed by atoms with Crippen LogP contribution >= 0.6 is 0 Å². The van der Waals surface area contributed by atoms with E-state index in [4.69, 9.17) is 52.8 Å². The summed E-state index contributed by atoms with van der Waals surface area (Å²) in [6, 6.07) is 14.2. The number of fused-ring (bicyclic) bond motifs is 10. The smallest absolute Gasteiger partial charge is 0.361 e. The van der Waals surface area contributed by atoms with Crippen LogP contribution in [0.2, 0.25) is 0 Å². The van der Waals surface area contributed by atoms with Crippen LogP contribution in [0.15, 0.2) is 63.8 Å². The number of rotatable bonds is 12. The molecule has 0 spiro atoms. The third-order valence-corrected chi connectivity index (χ3v) is 15.5. The molecule has 1 saturated heterocycles. The van der Waals surface area contributed by atoms with Gasteiger partial charge in [0.1, 0.15) is 40.6 Å². The average molecular weight is 1100 g/mol. The Labute approximate surface area is 455 Å². The molecule has 5 aromatic carbocycles. The first-order valence-corrected chi connectivity index (χ1v) is 25.3. The Kier molecular flexibility index (Phi) is 14.4. The summed E-state index contributed by atoms with van der Waals surface area (Å²) in [6.07, 6.45) is -4.56. The van der Waals surface area contributed by atoms with Gasteiger partial charge in [-0.2, -0.15) is 0 Å². The molecule has 2 aromatic heterocycles. The van der Waals surface area contributed by atoms with Gasteiger partial charge in [0.25, 0.3) is 0 Å². The standard InChI is InChI=1S/C31H29NO9.C27H29NO11/c1-35-20-8-7-15(11-23(20)37-3)25-26-18-13-22(36-2)19(33)14-21(18)41-31(34)28(26)32-10-9-16-17(27(25)32)12-24(38-4)30(40-6)29(16)39-5;1-10-22(31)13(28)6-17(38-10)39-15-8-27(36,16(30)9-29)7-12-19(15)26(35)21-20(24(12)33)23(32)11-4-3-5-14(37-2)18(11)25(21)34/h7-8,11-14,33H,9-10H2,1-6H3;3-5,10,13,15,17,22,29,31,33,35-36H,6-9,28H2,1-2H3/t;10-,13-,15-,17-,22+,27-/m.0/s1. The molecule has 0 radical (unpaired) electrons. The third-order valence-electron chi connectivity index (χ3n) is 15.5. The number of nitrogens with two attached hydrogens (primary N) is 1. The number of ketones is 3. The summed E-state index contributed by atoms with van der Waals surface area (Å²) in [5.41, 5.74) is 6.54. The molecule has 4 aliphatic rings. The van der Waals surface area contributed by atoms with Gasteiger partial charge in [-0.1, -0.05) is 18.2 Å². The maximum atomic E-state index is 13.6. The largest absolute Gasteiger partial charge is 0.507 e. The lowest BCUT2D eigenvalue weighted by Crippen LogP contribution is -2.53. The van der Waals surface area contributed by atoms with Crippen molar-refractivity contribution in [3.63, 3.8) is 0 Å². The molecule has 4 heterocycles. The number of phenols is 3. The number of hydrogen-bond acceptors (Lipinski definition) is 21. The van der Waals surface area contributed by atoms with Gasteiger partial charge < -0.3 is 88.0 Å². The summed E-state index contributed by atoms with van der Waals surface area (Å²) < 4.78 is 58.5. The number of aromatic nitrogens is 1. The summed E-state index contributed by atoms with van der Waals surface area (Å²) in [5.74, 6) is -1.00. The van der Waals surface area contributed by atoms with Crippen molar-refractivity contribution in [2.45, 2.75) is 75.4 Å². The second-order valence-corrected chi connectivity index (χ2v) is 19.7. The Morgan fingerprint density at radius 3 is 2.09 bits per heavy atom. The summed E-state index contributed by atoms with van der Waals surface area (Å²) >= 11 is 0. The highest BCUT2D eigenvalue weighted by Crippen LogP contribution is 2.55. The highest BCUT2D eigenvalue weighted by atomic mass is 16.7. The van der Waals surface area contributed by atoms with Gasteiger partial charge >= 0.3 is 5.63 Å². The number of carbonyl (C=O) groups excluding carboxylic acids is 3. The lowest BCUT2D eigenvalue weighted by molar-refractivity contribution is -0.247. The van der Waals surface area contributed by atoms with E-state index >= 15 is 0 Å². The van der Waals surface area contributed by atoms with Gasteiger partial charge in [-0.05, 0) is 49.2 Å². The van der Waals surface area contributed by atoms with Crippen molar-refractivity contribution in [2.24, 2.45) is 5.73 Å². The fraction of sp³-hybridized carbons (Fsp3) is 0.345. The summed E-state index contributed by atoms with van der Waals surface area (Å²) in [5, 5.41) is 65.4. The SMILES string of the molecule is COc1cc2c(cc1O)oc(=O)c1c2c(-c2ccc(OC)c(OC)c2)c2n1CCc1c-2cc(OC)c(OC)c1OC.COc1cccc2c1C(=O)c1c(O)c3c(c(O)c1C2=O)C[C@@](O)(C(=O)CO)C[C@@H]3O[C@H]1C[C@H](N)[C@H](O)[C@H](C)O1. The minimum Gasteiger partial charge on any atom is -0.507 e. The molecule has 1 fully saturated rings. The summed E-state index contributed by atoms with van der Waals surface area (Å²) in [6.45, 7) is 1.04. The number of benzene rings is 5. The van der Waals surface area contributed by atoms with Crippen LogP contribution in [0.25, 0.3) is 44.3 Å². The quantitative estimate of drug-likeness (QED) is 0.0595. The molecule has 420 valence electrons. The van der Waals surface area contributed by atoms with Crippen LogP contribution in [-0.4, -0.2) is 139 Å². The fourth-order valence-electron chi connectivity index (χ4n) is 11.7. The Balaban J connectivity index is 0.000000180. The molecule has 0 bridgehead atoms. The van der Waals surface area contributed by atoms with E-state index in [1.54, 1.807) is 48.5 Å². The number of aryl methyl sites for hydroxylation is 1. The lowest BCUT2D eigenvalue weighted by atomic mass is 9.72. The molecule has 11 rings (SSSR count). The van der Waals surface area contributed by atoms with Crippen LogP contribution in [-0.2, 0) is 33.7 Å². The van der Waals surface area contributed by atoms with Crippen molar-refractivity contribution < 1.29 is 92.1 Å². The molecule has 8 N–H and O–H groups in total. The Morgan fingerprint density at radius 1 is 0.750 bits per heavy atom. The third kappa shape index (κ3) is 8.57. The number of aliphatic hydroxyl groups excluding tert-OH is 2. The molecular formula is C58H58N2O20. The molecule has 80 heavy (non-hydrogen) atoms. The Morgan fingerprint density at radius 2 is 1.44 bits per heavy atom. The lowest BCUT2D eigenvalue weighted by Gasteiger charge is -2.42. The highest BCUT2D eigenvalue weighted by Gasteiger charge is 2.50. The zero-order chi connectivity index (χ0) is 57.4. The topological polar surface area (TPSA) is 317 Å². The first-order valence-electron chi connectivity index (χ1n) is 25.3. The minimum absolute atomic E-state index is 0.0173. The maximum absolute atomic E-state index is 13.6. The van der Waals surface area contributed by atoms with Gasteiger partial charge in [0, 0.05) is 82.1 Å². The average Bonchev–Trinajstić information content (AvgIpc) is 3.76. The van der Waals surface area contributed by atoms with E-state index in [1.807, 2.05) is 28.8 Å². The van der Waals surface area contributed by atoms with Crippen LogP contribution < -0.4 is 44.5 Å². The van der Waals surface area contributed by atoms with Gasteiger partial charge in [0.2, 0.25) is 11.5 Å². The monoisotopic (exact) mass is 1100 g/mol. The maximum Gasteiger partial charge on any atom is 0.361 e. The van der Waals surface area contributed by atoms with Gasteiger partial charge in [-0.25, -0.2) is 4.79 Å². The van der Waals surface area contributed by atoms with E-state index in [9.17, 15) is 49.8 Å². The highest BCUT2D eigenvalue weighted by molar-refractivity contribution is 6.31. The van der Waals surface area contributed by atoms with E-state index in [0.29, 0.717) is 58.0 Å². The van der Waals surface area contributed by atoms with Gasteiger partial charge in [-0.3, -0.25) is 14.4 Å². The van der Waals surface area contributed by atoms with Crippen LogP contribution in [0.4, 0.5) is 0 Å². The van der Waals surface area contributed by atoms with Crippen molar-refractivity contribution in [3.05, 3.63) is 104 Å². The molecule has 22 heteroatoms. The van der Waals surface area contributed by atoms with Gasteiger partial charge in [0.15, 0.2) is 52.4 Å². The fourth-order valence-corrected chi connectivity index (χ4v) is 11.7. The molecule has 22 nitrogen and oxygen atoms in total.